The number of carboxylic acids is 1. The van der Waals surface area contributed by atoms with Crippen molar-refractivity contribution < 1.29 is 58.6 Å². The first-order valence-electron chi connectivity index (χ1n) is 9.51. The van der Waals surface area contributed by atoms with Crippen LogP contribution in [0.5, 0.6) is 0 Å². The summed E-state index contributed by atoms with van der Waals surface area (Å²) in [5.41, 5.74) is 0. The largest absolute Gasteiger partial charge is 1.00 e. The average Bonchev–Trinajstić information content (AvgIpc) is 2.60. The normalized spacial score (nSPS) is 11.2. The smallest absolute Gasteiger partial charge is 0.550 e. The summed E-state index contributed by atoms with van der Waals surface area (Å²) in [6, 6.07) is -1.47. The first-order valence-corrected chi connectivity index (χ1v) is 9.51. The van der Waals surface area contributed by atoms with Gasteiger partial charge in [0.25, 0.3) is 0 Å². The van der Waals surface area contributed by atoms with E-state index in [1.54, 1.807) is 0 Å². The van der Waals surface area contributed by atoms with E-state index < -0.39 is 36.2 Å². The molecule has 0 fully saturated rings. The molecule has 0 aliphatic heterocycles. The monoisotopic (exact) mass is 393 g/mol. The van der Waals surface area contributed by atoms with Crippen molar-refractivity contribution in [1.82, 2.24) is 4.90 Å². The summed E-state index contributed by atoms with van der Waals surface area (Å²) < 4.78 is 4.60. The van der Waals surface area contributed by atoms with Crippen molar-refractivity contribution in [2.24, 2.45) is 0 Å². The molecule has 0 bridgehead atoms. The molecule has 8 heteroatoms. The van der Waals surface area contributed by atoms with Gasteiger partial charge in [-0.3, -0.25) is 14.5 Å². The van der Waals surface area contributed by atoms with Gasteiger partial charge in [0.15, 0.2) is 0 Å². The van der Waals surface area contributed by atoms with E-state index in [2.05, 4.69) is 4.74 Å². The van der Waals surface area contributed by atoms with Crippen LogP contribution in [0.3, 0.4) is 0 Å². The topological polar surface area (TPSA) is 104 Å². The molecule has 0 N–H and O–H groups in total. The maximum Gasteiger partial charge on any atom is 1.00 e. The van der Waals surface area contributed by atoms with E-state index in [1.807, 2.05) is 13.8 Å². The van der Waals surface area contributed by atoms with Crippen molar-refractivity contribution in [3.63, 3.8) is 0 Å². The molecule has 1 unspecified atom stereocenters. The number of aliphatic carboxylic acids is 1. The molecule has 0 aromatic rings. The van der Waals surface area contributed by atoms with Crippen molar-refractivity contribution in [1.29, 1.82) is 0 Å². The third kappa shape index (κ3) is 12.2. The number of carbonyl (C=O) groups excluding carboxylic acids is 4. The minimum absolute atomic E-state index is 0. The summed E-state index contributed by atoms with van der Waals surface area (Å²) in [5.74, 6) is -3.49. The first kappa shape index (κ1) is 28.3. The third-order valence-corrected chi connectivity index (χ3v) is 4.17. The van der Waals surface area contributed by atoms with Crippen molar-refractivity contribution in [2.75, 3.05) is 7.11 Å². The number of hydrogen-bond donors (Lipinski definition) is 0. The van der Waals surface area contributed by atoms with Gasteiger partial charge < -0.3 is 14.6 Å². The van der Waals surface area contributed by atoms with Crippen LogP contribution in [0.4, 0.5) is 0 Å². The second kappa shape index (κ2) is 17.2. The summed E-state index contributed by atoms with van der Waals surface area (Å²) in [6.45, 7) is 4.09. The van der Waals surface area contributed by atoms with Gasteiger partial charge in [0.1, 0.15) is 6.04 Å². The van der Waals surface area contributed by atoms with E-state index in [-0.39, 0.29) is 42.4 Å². The maximum absolute atomic E-state index is 12.6. The zero-order valence-corrected chi connectivity index (χ0v) is 19.3. The number of carbonyl (C=O) groups is 4. The summed E-state index contributed by atoms with van der Waals surface area (Å²) >= 11 is 0. The van der Waals surface area contributed by atoms with E-state index >= 15 is 0 Å². The van der Waals surface area contributed by atoms with Crippen LogP contribution in [0, 0.1) is 0 Å². The van der Waals surface area contributed by atoms with Crippen LogP contribution in [-0.2, 0) is 23.9 Å². The number of carboxylic acid groups (broad SMARTS) is 1. The summed E-state index contributed by atoms with van der Waals surface area (Å²) in [4.78, 5) is 48.9. The Kier molecular flexibility index (Phi) is 18.0. The van der Waals surface area contributed by atoms with Crippen molar-refractivity contribution in [2.45, 2.75) is 90.5 Å². The summed E-state index contributed by atoms with van der Waals surface area (Å²) in [7, 11) is 1.10. The molecule has 0 aromatic carbocycles. The van der Waals surface area contributed by atoms with Gasteiger partial charge in [-0.15, -0.1) is 0 Å². The molecule has 0 heterocycles. The van der Waals surface area contributed by atoms with Crippen LogP contribution in [0.15, 0.2) is 0 Å². The van der Waals surface area contributed by atoms with Crippen molar-refractivity contribution in [3.8, 4) is 0 Å². The van der Waals surface area contributed by atoms with Gasteiger partial charge in [-0.2, -0.15) is 0 Å². The summed E-state index contributed by atoms with van der Waals surface area (Å²) in [6.07, 6.45) is 6.24. The van der Waals surface area contributed by atoms with Crippen LogP contribution in [0.1, 0.15) is 84.5 Å². The standard InChI is InChI=1S/C19H33NO6.Na/c1-4-6-8-10-12-16(21)20(17(22)13-11-9-7-5-2)15(14-18(23)24)19(25)26-3;/h15H,4-14H2,1-3H3,(H,23,24);/q;+1/p-1. The molecule has 0 rings (SSSR count). The van der Waals surface area contributed by atoms with E-state index in [0.717, 1.165) is 50.5 Å². The van der Waals surface area contributed by atoms with E-state index in [0.29, 0.717) is 12.8 Å². The van der Waals surface area contributed by atoms with Gasteiger partial charge in [0, 0.05) is 25.2 Å². The fraction of sp³-hybridized carbons (Fsp3) is 0.789. The molecule has 150 valence electrons. The Labute approximate surface area is 184 Å². The molecule has 0 spiro atoms. The Morgan fingerprint density at radius 1 is 0.852 bits per heavy atom. The minimum atomic E-state index is -1.51. The zero-order valence-electron chi connectivity index (χ0n) is 17.3. The molecule has 1 atom stereocenters. The Hall–Kier alpha value is -0.920. The Morgan fingerprint density at radius 3 is 1.63 bits per heavy atom. The molecule has 0 aliphatic carbocycles. The van der Waals surface area contributed by atoms with Crippen molar-refractivity contribution >= 4 is 23.8 Å². The molecular weight excluding hydrogens is 361 g/mol. The van der Waals surface area contributed by atoms with Crippen LogP contribution in [0.25, 0.3) is 0 Å². The second-order valence-corrected chi connectivity index (χ2v) is 6.39. The number of hydrogen-bond acceptors (Lipinski definition) is 6. The molecule has 7 nitrogen and oxygen atoms in total. The molecule has 0 saturated carbocycles. The minimum Gasteiger partial charge on any atom is -0.550 e. The van der Waals surface area contributed by atoms with Crippen LogP contribution >= 0.6 is 0 Å². The van der Waals surface area contributed by atoms with Crippen molar-refractivity contribution in [3.05, 3.63) is 0 Å². The molecule has 2 amide bonds. The fourth-order valence-corrected chi connectivity index (χ4v) is 2.71. The van der Waals surface area contributed by atoms with E-state index in [1.165, 1.54) is 0 Å². The molecule has 0 aliphatic rings. The van der Waals surface area contributed by atoms with Gasteiger partial charge in [-0.05, 0) is 12.8 Å². The SMILES string of the molecule is CCCCCCC(=O)N(C(=O)CCCCCC)C(CC(=O)[O-])C(=O)OC.[Na+]. The third-order valence-electron chi connectivity index (χ3n) is 4.17. The number of nitrogens with zero attached hydrogens (tertiary/aromatic N) is 1. The Balaban J connectivity index is 0. The number of unbranched alkanes of at least 4 members (excludes halogenated alkanes) is 6. The van der Waals surface area contributed by atoms with Crippen LogP contribution in [0.2, 0.25) is 0 Å². The zero-order chi connectivity index (χ0) is 19.9. The number of amides is 2. The Morgan fingerprint density at radius 2 is 1.30 bits per heavy atom. The molecule has 0 aromatic heterocycles. The number of rotatable bonds is 14. The van der Waals surface area contributed by atoms with Gasteiger partial charge in [-0.1, -0.05) is 52.4 Å². The Bertz CT molecular complexity index is 445. The van der Waals surface area contributed by atoms with Gasteiger partial charge in [0.05, 0.1) is 7.11 Å². The quantitative estimate of drug-likeness (QED) is 0.212. The van der Waals surface area contributed by atoms with Gasteiger partial charge in [0.2, 0.25) is 11.8 Å². The predicted molar refractivity (Wildman–Crippen MR) is 94.8 cm³/mol. The van der Waals surface area contributed by atoms with Gasteiger partial charge >= 0.3 is 35.5 Å². The van der Waals surface area contributed by atoms with E-state index in [4.69, 9.17) is 0 Å². The number of ether oxygens (including phenoxy) is 1. The second-order valence-electron chi connectivity index (χ2n) is 6.39. The van der Waals surface area contributed by atoms with Crippen LogP contribution in [-0.4, -0.2) is 41.8 Å². The molecule has 27 heavy (non-hydrogen) atoms. The molecule has 0 radical (unpaired) electrons. The first-order chi connectivity index (χ1) is 12.4. The number of esters is 1. The van der Waals surface area contributed by atoms with Crippen LogP contribution < -0.4 is 34.7 Å². The van der Waals surface area contributed by atoms with E-state index in [9.17, 15) is 24.3 Å². The van der Waals surface area contributed by atoms with Gasteiger partial charge in [-0.25, -0.2) is 4.79 Å². The fourth-order valence-electron chi connectivity index (χ4n) is 2.71. The number of methoxy groups -OCH3 is 1. The molecule has 0 saturated heterocycles. The summed E-state index contributed by atoms with van der Waals surface area (Å²) in [5, 5.41) is 11.0. The molecular formula is C19H32NNaO6. The maximum atomic E-state index is 12.6. The predicted octanol–water partition coefficient (Wildman–Crippen LogP) is -1.03. The average molecular weight is 393 g/mol. The number of imide groups is 1.